The molecule has 1 aromatic carbocycles. The third kappa shape index (κ3) is 4.72. The maximum Gasteiger partial charge on any atom is 0.573 e. The zero-order chi connectivity index (χ0) is 16.2. The number of para-hydroxylation sites is 1. The molecule has 1 aromatic rings. The van der Waals surface area contributed by atoms with Gasteiger partial charge in [-0.1, -0.05) is 23.8 Å². The summed E-state index contributed by atoms with van der Waals surface area (Å²) in [5, 5.41) is 3.08. The van der Waals surface area contributed by atoms with Gasteiger partial charge in [-0.15, -0.1) is 13.2 Å². The number of hydrogen-bond donors (Lipinski definition) is 2. The Labute approximate surface area is 126 Å². The molecule has 0 amide bonds. The number of nitrogens with one attached hydrogen (secondary N) is 2. The smallest absolute Gasteiger partial charge is 0.404 e. The van der Waals surface area contributed by atoms with Crippen LogP contribution < -0.4 is 14.8 Å². The Morgan fingerprint density at radius 2 is 2.00 bits per heavy atom. The van der Waals surface area contributed by atoms with E-state index in [0.29, 0.717) is 13.0 Å². The van der Waals surface area contributed by atoms with Crippen LogP contribution in [0.1, 0.15) is 6.42 Å². The van der Waals surface area contributed by atoms with Crippen molar-refractivity contribution in [3.05, 3.63) is 35.9 Å². The highest BCUT2D eigenvalue weighted by Crippen LogP contribution is 2.29. The number of alkyl halides is 3. The fraction of sp³-hybridized carbons (Fsp3) is 0.385. The summed E-state index contributed by atoms with van der Waals surface area (Å²) in [5.41, 5.74) is 0.886. The normalized spacial score (nSPS) is 16.2. The van der Waals surface area contributed by atoms with Crippen LogP contribution in [0.3, 0.4) is 0 Å². The number of benzene rings is 1. The Balaban J connectivity index is 2.16. The molecule has 9 heteroatoms. The summed E-state index contributed by atoms with van der Waals surface area (Å²) in [4.78, 5) is -0.540. The molecule has 0 bridgehead atoms. The van der Waals surface area contributed by atoms with Gasteiger partial charge in [-0.25, -0.2) is 13.1 Å². The molecule has 0 radical (unpaired) electrons. The van der Waals surface area contributed by atoms with Gasteiger partial charge >= 0.3 is 6.36 Å². The maximum atomic E-state index is 12.3. The van der Waals surface area contributed by atoms with E-state index in [-0.39, 0.29) is 6.54 Å². The van der Waals surface area contributed by atoms with E-state index in [1.165, 1.54) is 12.1 Å². The van der Waals surface area contributed by atoms with Gasteiger partial charge in [-0.05, 0) is 25.1 Å². The van der Waals surface area contributed by atoms with Crippen LogP contribution in [-0.2, 0) is 10.0 Å². The number of ether oxygens (including phenoxy) is 1. The van der Waals surface area contributed by atoms with Crippen LogP contribution in [0.2, 0.25) is 0 Å². The van der Waals surface area contributed by atoms with Crippen molar-refractivity contribution < 1.29 is 26.3 Å². The summed E-state index contributed by atoms with van der Waals surface area (Å²) >= 11 is 0. The molecule has 0 saturated heterocycles. The number of halogens is 3. The molecular weight excluding hydrogens is 321 g/mol. The zero-order valence-electron chi connectivity index (χ0n) is 11.5. The Morgan fingerprint density at radius 3 is 2.64 bits per heavy atom. The number of rotatable bonds is 5. The van der Waals surface area contributed by atoms with Crippen molar-refractivity contribution in [3.8, 4) is 5.75 Å². The van der Waals surface area contributed by atoms with Gasteiger partial charge in [-0.2, -0.15) is 0 Å². The quantitative estimate of drug-likeness (QED) is 0.805. The first-order valence-corrected chi connectivity index (χ1v) is 7.99. The highest BCUT2D eigenvalue weighted by atomic mass is 32.2. The lowest BCUT2D eigenvalue weighted by Gasteiger charge is -2.16. The number of sulfonamides is 1. The van der Waals surface area contributed by atoms with E-state index < -0.39 is 27.0 Å². The summed E-state index contributed by atoms with van der Waals surface area (Å²) in [7, 11) is -4.10. The fourth-order valence-electron chi connectivity index (χ4n) is 1.98. The third-order valence-electron chi connectivity index (χ3n) is 3.01. The first kappa shape index (κ1) is 16.8. The average molecular weight is 336 g/mol. The van der Waals surface area contributed by atoms with Crippen LogP contribution in [0.5, 0.6) is 5.75 Å². The molecule has 0 aromatic heterocycles. The molecule has 0 saturated carbocycles. The van der Waals surface area contributed by atoms with Crippen LogP contribution >= 0.6 is 0 Å². The minimum absolute atomic E-state index is 0.0599. The molecule has 0 aliphatic carbocycles. The average Bonchev–Trinajstić information content (AvgIpc) is 2.45. The van der Waals surface area contributed by atoms with Crippen molar-refractivity contribution in [2.24, 2.45) is 0 Å². The highest BCUT2D eigenvalue weighted by molar-refractivity contribution is 7.89. The zero-order valence-corrected chi connectivity index (χ0v) is 12.3. The second-order valence-corrected chi connectivity index (χ2v) is 6.37. The molecule has 122 valence electrons. The van der Waals surface area contributed by atoms with Gasteiger partial charge in [0.15, 0.2) is 0 Å². The molecule has 5 nitrogen and oxygen atoms in total. The van der Waals surface area contributed by atoms with Gasteiger partial charge in [-0.3, -0.25) is 0 Å². The van der Waals surface area contributed by atoms with Gasteiger partial charge in [0.1, 0.15) is 10.6 Å². The van der Waals surface area contributed by atoms with Gasteiger partial charge in [0.05, 0.1) is 0 Å². The van der Waals surface area contributed by atoms with Gasteiger partial charge < -0.3 is 10.1 Å². The summed E-state index contributed by atoms with van der Waals surface area (Å²) < 4.78 is 67.4. The van der Waals surface area contributed by atoms with Crippen LogP contribution in [-0.4, -0.2) is 34.4 Å². The van der Waals surface area contributed by atoms with Crippen LogP contribution in [0, 0.1) is 0 Å². The highest BCUT2D eigenvalue weighted by Gasteiger charge is 2.33. The largest absolute Gasteiger partial charge is 0.573 e. The Hall–Kier alpha value is -1.58. The Morgan fingerprint density at radius 1 is 1.27 bits per heavy atom. The molecule has 0 atom stereocenters. The third-order valence-corrected chi connectivity index (χ3v) is 4.45. The number of hydrogen-bond acceptors (Lipinski definition) is 4. The minimum Gasteiger partial charge on any atom is -0.404 e. The van der Waals surface area contributed by atoms with Crippen molar-refractivity contribution in [2.45, 2.75) is 17.7 Å². The van der Waals surface area contributed by atoms with E-state index in [4.69, 9.17) is 0 Å². The second kappa shape index (κ2) is 6.67. The predicted molar refractivity (Wildman–Crippen MR) is 73.9 cm³/mol. The van der Waals surface area contributed by atoms with E-state index >= 15 is 0 Å². The first-order valence-electron chi connectivity index (χ1n) is 6.51. The van der Waals surface area contributed by atoms with Gasteiger partial charge in [0.2, 0.25) is 10.0 Å². The molecule has 0 spiro atoms. The second-order valence-electron chi connectivity index (χ2n) is 4.64. The standard InChI is InChI=1S/C13H15F3N2O3S/c14-13(15,16)21-11-3-1-2-4-12(11)22(19,20)18-9-10-5-7-17-8-6-10/h1-5,17-18H,6-9H2. The lowest BCUT2D eigenvalue weighted by molar-refractivity contribution is -0.275. The molecule has 1 aliphatic rings. The SMILES string of the molecule is O=S(=O)(NCC1=CCNCC1)c1ccccc1OC(F)(F)F. The molecule has 1 heterocycles. The molecule has 0 fully saturated rings. The van der Waals surface area contributed by atoms with Crippen LogP contribution in [0.25, 0.3) is 0 Å². The first-order chi connectivity index (χ1) is 10.3. The lowest BCUT2D eigenvalue weighted by Crippen LogP contribution is -2.30. The van der Waals surface area contributed by atoms with Crippen molar-refractivity contribution >= 4 is 10.0 Å². The Bertz CT molecular complexity index is 657. The molecule has 2 rings (SSSR count). The monoisotopic (exact) mass is 336 g/mol. The van der Waals surface area contributed by atoms with E-state index in [1.807, 2.05) is 6.08 Å². The summed E-state index contributed by atoms with van der Waals surface area (Å²) in [5.74, 6) is -0.748. The molecule has 22 heavy (non-hydrogen) atoms. The molecular formula is C13H15F3N2O3S. The lowest BCUT2D eigenvalue weighted by atomic mass is 10.1. The van der Waals surface area contributed by atoms with E-state index in [0.717, 1.165) is 24.3 Å². The topological polar surface area (TPSA) is 67.4 Å². The Kier molecular flexibility index (Phi) is 5.09. The summed E-state index contributed by atoms with van der Waals surface area (Å²) in [6.07, 6.45) is -2.42. The summed E-state index contributed by atoms with van der Waals surface area (Å²) in [6, 6.07) is 4.64. The maximum absolute atomic E-state index is 12.3. The minimum atomic E-state index is -4.96. The molecule has 0 unspecified atom stereocenters. The van der Waals surface area contributed by atoms with Crippen molar-refractivity contribution in [1.82, 2.24) is 10.0 Å². The van der Waals surface area contributed by atoms with E-state index in [1.54, 1.807) is 0 Å². The van der Waals surface area contributed by atoms with E-state index in [2.05, 4.69) is 14.8 Å². The molecule has 2 N–H and O–H groups in total. The van der Waals surface area contributed by atoms with Crippen LogP contribution in [0.4, 0.5) is 13.2 Å². The van der Waals surface area contributed by atoms with Crippen molar-refractivity contribution in [3.63, 3.8) is 0 Å². The van der Waals surface area contributed by atoms with Gasteiger partial charge in [0, 0.05) is 13.1 Å². The summed E-state index contributed by atoms with van der Waals surface area (Å²) in [6.45, 7) is 1.44. The predicted octanol–water partition coefficient (Wildman–Crippen LogP) is 1.78. The molecule has 1 aliphatic heterocycles. The van der Waals surface area contributed by atoms with Crippen molar-refractivity contribution in [2.75, 3.05) is 19.6 Å². The van der Waals surface area contributed by atoms with E-state index in [9.17, 15) is 21.6 Å². The van der Waals surface area contributed by atoms with Gasteiger partial charge in [0.25, 0.3) is 0 Å². The fourth-order valence-corrected chi connectivity index (χ4v) is 3.14. The van der Waals surface area contributed by atoms with Crippen LogP contribution in [0.15, 0.2) is 40.8 Å². The van der Waals surface area contributed by atoms with Crippen molar-refractivity contribution in [1.29, 1.82) is 0 Å².